The van der Waals surface area contributed by atoms with Crippen molar-refractivity contribution in [2.45, 2.75) is 45.8 Å². The smallest absolute Gasteiger partial charge is 0.408 e. The number of amides is 1. The van der Waals surface area contributed by atoms with Crippen LogP contribution in [0.1, 0.15) is 44.8 Å². The summed E-state index contributed by atoms with van der Waals surface area (Å²) < 4.78 is 5.14. The number of imidazole rings is 1. The van der Waals surface area contributed by atoms with Crippen LogP contribution in [0.4, 0.5) is 4.79 Å². The molecule has 0 bridgehead atoms. The molecule has 1 aromatic heterocycles. The number of aromatic nitrogens is 2. The van der Waals surface area contributed by atoms with E-state index >= 15 is 0 Å². The fourth-order valence-corrected chi connectivity index (χ4v) is 1.39. The average molecular weight is 253 g/mol. The summed E-state index contributed by atoms with van der Waals surface area (Å²) in [5.74, 6) is 0.547. The van der Waals surface area contributed by atoms with Gasteiger partial charge in [0.15, 0.2) is 0 Å². The Morgan fingerprint density at radius 3 is 2.72 bits per heavy atom. The van der Waals surface area contributed by atoms with Gasteiger partial charge in [0, 0.05) is 18.3 Å². The molecule has 6 heteroatoms. The molecular formula is C12H19N3O3. The lowest BCUT2D eigenvalue weighted by Crippen LogP contribution is -2.35. The van der Waals surface area contributed by atoms with E-state index in [1.807, 2.05) is 6.92 Å². The number of hydrogen-bond acceptors (Lipinski definition) is 4. The van der Waals surface area contributed by atoms with Gasteiger partial charge in [-0.05, 0) is 27.7 Å². The number of ether oxygens (including phenoxy) is 1. The molecule has 0 aromatic carbocycles. The maximum absolute atomic E-state index is 11.6. The number of alkyl carbamates (subject to hydrolysis) is 1. The van der Waals surface area contributed by atoms with Crippen molar-refractivity contribution < 1.29 is 14.3 Å². The first-order chi connectivity index (χ1) is 8.31. The van der Waals surface area contributed by atoms with Gasteiger partial charge >= 0.3 is 6.09 Å². The largest absolute Gasteiger partial charge is 0.444 e. The Hall–Kier alpha value is -1.85. The van der Waals surface area contributed by atoms with Crippen molar-refractivity contribution in [2.75, 3.05) is 0 Å². The normalized spacial score (nSPS) is 12.9. The number of H-pyrrole nitrogens is 1. The Morgan fingerprint density at radius 2 is 2.28 bits per heavy atom. The van der Waals surface area contributed by atoms with Gasteiger partial charge in [0.25, 0.3) is 0 Å². The van der Waals surface area contributed by atoms with Gasteiger partial charge < -0.3 is 19.8 Å². The van der Waals surface area contributed by atoms with Gasteiger partial charge in [-0.2, -0.15) is 0 Å². The number of hydrogen-bond donors (Lipinski definition) is 2. The molecule has 100 valence electrons. The molecule has 1 atom stereocenters. The van der Waals surface area contributed by atoms with Crippen molar-refractivity contribution in [1.82, 2.24) is 15.3 Å². The summed E-state index contributed by atoms with van der Waals surface area (Å²) in [5.41, 5.74) is 0.293. The summed E-state index contributed by atoms with van der Waals surface area (Å²) in [4.78, 5) is 29.3. The average Bonchev–Trinajstić information content (AvgIpc) is 2.61. The van der Waals surface area contributed by atoms with Crippen LogP contribution in [0.3, 0.4) is 0 Å². The summed E-state index contributed by atoms with van der Waals surface area (Å²) >= 11 is 0. The van der Waals surface area contributed by atoms with Gasteiger partial charge in [0.05, 0.1) is 6.04 Å². The van der Waals surface area contributed by atoms with Crippen LogP contribution in [0, 0.1) is 6.92 Å². The van der Waals surface area contributed by atoms with E-state index in [0.29, 0.717) is 5.82 Å². The van der Waals surface area contributed by atoms with Crippen LogP contribution in [-0.4, -0.2) is 27.9 Å². The zero-order valence-corrected chi connectivity index (χ0v) is 11.1. The van der Waals surface area contributed by atoms with E-state index in [-0.39, 0.29) is 6.42 Å². The minimum Gasteiger partial charge on any atom is -0.444 e. The molecule has 0 spiro atoms. The van der Waals surface area contributed by atoms with E-state index in [9.17, 15) is 9.59 Å². The van der Waals surface area contributed by atoms with E-state index in [4.69, 9.17) is 4.74 Å². The Labute approximate surface area is 106 Å². The predicted molar refractivity (Wildman–Crippen MR) is 66.1 cm³/mol. The first kappa shape index (κ1) is 14.2. The van der Waals surface area contributed by atoms with Crippen molar-refractivity contribution in [3.8, 4) is 0 Å². The van der Waals surface area contributed by atoms with E-state index in [0.717, 1.165) is 12.0 Å². The van der Waals surface area contributed by atoms with Crippen LogP contribution in [0.25, 0.3) is 0 Å². The molecule has 0 fully saturated rings. The molecule has 18 heavy (non-hydrogen) atoms. The molecule has 0 aliphatic rings. The van der Waals surface area contributed by atoms with Gasteiger partial charge in [-0.3, -0.25) is 0 Å². The second-order valence-electron chi connectivity index (χ2n) is 5.05. The van der Waals surface area contributed by atoms with E-state index < -0.39 is 17.7 Å². The van der Waals surface area contributed by atoms with Crippen LogP contribution < -0.4 is 5.32 Å². The topological polar surface area (TPSA) is 84.1 Å². The second kappa shape index (κ2) is 5.66. The zero-order valence-electron chi connectivity index (χ0n) is 11.1. The van der Waals surface area contributed by atoms with Gasteiger partial charge in [-0.15, -0.1) is 0 Å². The van der Waals surface area contributed by atoms with Crippen LogP contribution in [0.5, 0.6) is 0 Å². The third-order valence-electron chi connectivity index (χ3n) is 2.08. The van der Waals surface area contributed by atoms with Gasteiger partial charge in [0.2, 0.25) is 0 Å². The molecule has 1 heterocycles. The number of aromatic amines is 1. The van der Waals surface area contributed by atoms with Crippen molar-refractivity contribution in [2.24, 2.45) is 0 Å². The maximum Gasteiger partial charge on any atom is 0.408 e. The highest BCUT2D eigenvalue weighted by Gasteiger charge is 2.21. The van der Waals surface area contributed by atoms with Crippen LogP contribution in [0.2, 0.25) is 0 Å². The van der Waals surface area contributed by atoms with Crippen molar-refractivity contribution in [3.05, 3.63) is 17.7 Å². The second-order valence-corrected chi connectivity index (χ2v) is 5.05. The van der Waals surface area contributed by atoms with Crippen LogP contribution >= 0.6 is 0 Å². The lowest BCUT2D eigenvalue weighted by atomic mass is 10.2. The third kappa shape index (κ3) is 4.57. The number of nitrogens with one attached hydrogen (secondary N) is 2. The summed E-state index contributed by atoms with van der Waals surface area (Å²) in [5, 5.41) is 2.62. The highest BCUT2D eigenvalue weighted by Crippen LogP contribution is 2.14. The summed E-state index contributed by atoms with van der Waals surface area (Å²) in [6, 6.07) is -0.494. The molecule has 0 aliphatic heterocycles. The zero-order chi connectivity index (χ0) is 13.8. The van der Waals surface area contributed by atoms with Crippen LogP contribution in [-0.2, 0) is 9.53 Å². The number of carbonyl (C=O) groups excluding carboxylic acids is 2. The number of nitrogens with zero attached hydrogens (tertiary/aromatic N) is 1. The minimum atomic E-state index is -0.575. The molecule has 0 radical (unpaired) electrons. The summed E-state index contributed by atoms with van der Waals surface area (Å²) in [6.45, 7) is 7.18. The number of carbonyl (C=O) groups is 2. The number of aryl methyl sites for hydroxylation is 1. The third-order valence-corrected chi connectivity index (χ3v) is 2.08. The van der Waals surface area contributed by atoms with Gasteiger partial charge in [-0.25, -0.2) is 9.78 Å². The summed E-state index contributed by atoms with van der Waals surface area (Å²) in [6.07, 6.45) is 1.96. The lowest BCUT2D eigenvalue weighted by Gasteiger charge is -2.22. The Balaban J connectivity index is 2.69. The predicted octanol–water partition coefficient (Wildman–Crippen LogP) is 1.87. The monoisotopic (exact) mass is 253 g/mol. The van der Waals surface area contributed by atoms with Crippen molar-refractivity contribution in [1.29, 1.82) is 0 Å². The molecule has 0 aliphatic carbocycles. The van der Waals surface area contributed by atoms with Crippen molar-refractivity contribution >= 4 is 12.4 Å². The molecule has 1 amide bonds. The molecular weight excluding hydrogens is 234 g/mol. The molecule has 1 rings (SSSR count). The fraction of sp³-hybridized carbons (Fsp3) is 0.583. The standard InChI is InChI=1S/C12H19N3O3/c1-8-7-13-10(14-8)9(5-6-16)15-11(17)18-12(2,3)4/h6-7,9H,5H2,1-4H3,(H,13,14)(H,15,17)/t9-/m1/s1. The Kier molecular flexibility index (Phi) is 4.47. The molecule has 1 aromatic rings. The van der Waals surface area contributed by atoms with E-state index in [2.05, 4.69) is 15.3 Å². The minimum absolute atomic E-state index is 0.145. The SMILES string of the molecule is Cc1cnc([C@@H](CC=O)NC(=O)OC(C)(C)C)[nH]1. The number of rotatable bonds is 4. The number of aldehydes is 1. The van der Waals surface area contributed by atoms with Gasteiger partial charge in [0.1, 0.15) is 17.7 Å². The fourth-order valence-electron chi connectivity index (χ4n) is 1.39. The lowest BCUT2D eigenvalue weighted by molar-refractivity contribution is -0.108. The molecule has 6 nitrogen and oxygen atoms in total. The quantitative estimate of drug-likeness (QED) is 0.802. The summed E-state index contributed by atoms with van der Waals surface area (Å²) in [7, 11) is 0. The van der Waals surface area contributed by atoms with Crippen molar-refractivity contribution in [3.63, 3.8) is 0 Å². The molecule has 0 saturated heterocycles. The first-order valence-electron chi connectivity index (χ1n) is 5.76. The van der Waals surface area contributed by atoms with E-state index in [1.165, 1.54) is 0 Å². The molecule has 2 N–H and O–H groups in total. The van der Waals surface area contributed by atoms with Crippen LogP contribution in [0.15, 0.2) is 6.20 Å². The highest BCUT2D eigenvalue weighted by atomic mass is 16.6. The Bertz CT molecular complexity index is 420. The molecule has 0 saturated carbocycles. The highest BCUT2D eigenvalue weighted by molar-refractivity contribution is 5.69. The first-order valence-corrected chi connectivity index (χ1v) is 5.76. The maximum atomic E-state index is 11.6. The molecule has 0 unspecified atom stereocenters. The van der Waals surface area contributed by atoms with E-state index in [1.54, 1.807) is 27.0 Å². The van der Waals surface area contributed by atoms with Gasteiger partial charge in [-0.1, -0.05) is 0 Å². The Morgan fingerprint density at radius 1 is 1.61 bits per heavy atom.